The fraction of sp³-hybridized carbons (Fsp3) is 0.400. The summed E-state index contributed by atoms with van der Waals surface area (Å²) in [6.45, 7) is 2.47. The molecular weight excluding hydrogens is 258 g/mol. The lowest BCUT2D eigenvalue weighted by Crippen LogP contribution is -2.48. The highest BCUT2D eigenvalue weighted by Crippen LogP contribution is 2.36. The topological polar surface area (TPSA) is 70.0 Å². The maximum atomic E-state index is 11.6. The third-order valence-electron chi connectivity index (χ3n) is 4.10. The standard InChI is InChI=1S/C15H17NO4/c1-15(14(18)19)7-13(17)8-16(15)12-3-2-10-4-5-20-9-11(10)6-12/h2-6,13,17H,7-9H2,1H3,(H,18,19). The van der Waals surface area contributed by atoms with Crippen LogP contribution in [0.5, 0.6) is 0 Å². The van der Waals surface area contributed by atoms with Gasteiger partial charge in [0.1, 0.15) is 12.1 Å². The molecule has 2 aliphatic heterocycles. The van der Waals surface area contributed by atoms with Gasteiger partial charge in [0.05, 0.1) is 12.4 Å². The van der Waals surface area contributed by atoms with Crippen LogP contribution in [0.4, 0.5) is 5.69 Å². The number of carbonyl (C=O) groups is 1. The molecule has 0 saturated carbocycles. The number of rotatable bonds is 2. The molecule has 1 aromatic carbocycles. The number of aliphatic carboxylic acids is 1. The predicted octanol–water partition coefficient (Wildman–Crippen LogP) is 1.60. The molecule has 0 radical (unpaired) electrons. The summed E-state index contributed by atoms with van der Waals surface area (Å²) in [6.07, 6.45) is 3.15. The van der Waals surface area contributed by atoms with Crippen LogP contribution < -0.4 is 4.90 Å². The first-order valence-electron chi connectivity index (χ1n) is 6.61. The van der Waals surface area contributed by atoms with E-state index >= 15 is 0 Å². The monoisotopic (exact) mass is 275 g/mol. The number of hydrogen-bond acceptors (Lipinski definition) is 4. The molecule has 1 saturated heterocycles. The number of hydrogen-bond donors (Lipinski definition) is 2. The number of benzene rings is 1. The summed E-state index contributed by atoms with van der Waals surface area (Å²) in [7, 11) is 0. The van der Waals surface area contributed by atoms with Crippen molar-refractivity contribution in [2.45, 2.75) is 31.6 Å². The summed E-state index contributed by atoms with van der Waals surface area (Å²) in [4.78, 5) is 13.3. The van der Waals surface area contributed by atoms with Crippen LogP contribution in [0.2, 0.25) is 0 Å². The van der Waals surface area contributed by atoms with Gasteiger partial charge < -0.3 is 19.8 Å². The summed E-state index contributed by atoms with van der Waals surface area (Å²) in [5, 5.41) is 19.3. The van der Waals surface area contributed by atoms with Crippen LogP contribution in [0.3, 0.4) is 0 Å². The van der Waals surface area contributed by atoms with Crippen molar-refractivity contribution >= 4 is 17.7 Å². The quantitative estimate of drug-likeness (QED) is 0.858. The van der Waals surface area contributed by atoms with E-state index in [0.717, 1.165) is 16.8 Å². The smallest absolute Gasteiger partial charge is 0.329 e. The summed E-state index contributed by atoms with van der Waals surface area (Å²) >= 11 is 0. The molecule has 0 amide bonds. The van der Waals surface area contributed by atoms with Crippen molar-refractivity contribution < 1.29 is 19.7 Å². The third kappa shape index (κ3) is 1.94. The van der Waals surface area contributed by atoms with Crippen LogP contribution in [0, 0.1) is 0 Å². The molecular formula is C15H17NO4. The second-order valence-corrected chi connectivity index (χ2v) is 5.54. The first-order valence-corrected chi connectivity index (χ1v) is 6.61. The molecule has 0 aromatic heterocycles. The number of fused-ring (bicyclic) bond motifs is 1. The van der Waals surface area contributed by atoms with E-state index in [1.54, 1.807) is 18.1 Å². The van der Waals surface area contributed by atoms with Crippen LogP contribution in [-0.2, 0) is 16.1 Å². The Morgan fingerprint density at radius 3 is 3.05 bits per heavy atom. The highest BCUT2D eigenvalue weighted by Gasteiger charge is 2.47. The molecule has 2 atom stereocenters. The first-order chi connectivity index (χ1) is 9.50. The number of anilines is 1. The van der Waals surface area contributed by atoms with Gasteiger partial charge in [-0.2, -0.15) is 0 Å². The number of nitrogens with zero attached hydrogens (tertiary/aromatic N) is 1. The van der Waals surface area contributed by atoms with Gasteiger partial charge >= 0.3 is 5.97 Å². The highest BCUT2D eigenvalue weighted by atomic mass is 16.5. The minimum atomic E-state index is -1.07. The highest BCUT2D eigenvalue weighted by molar-refractivity contribution is 5.84. The molecule has 2 N–H and O–H groups in total. The number of ether oxygens (including phenoxy) is 1. The van der Waals surface area contributed by atoms with Gasteiger partial charge in [0.25, 0.3) is 0 Å². The normalized spacial score (nSPS) is 28.1. The SMILES string of the molecule is CC1(C(=O)O)CC(O)CN1c1ccc2c(c1)COC=C2. The molecule has 0 aliphatic carbocycles. The molecule has 5 heteroatoms. The van der Waals surface area contributed by atoms with E-state index in [4.69, 9.17) is 4.74 Å². The van der Waals surface area contributed by atoms with Crippen LogP contribution in [-0.4, -0.2) is 34.4 Å². The van der Waals surface area contributed by atoms with Gasteiger partial charge in [0.15, 0.2) is 0 Å². The van der Waals surface area contributed by atoms with E-state index in [1.165, 1.54) is 0 Å². The Balaban J connectivity index is 2.00. The summed E-state index contributed by atoms with van der Waals surface area (Å²) in [5.74, 6) is -0.914. The van der Waals surface area contributed by atoms with E-state index in [1.807, 2.05) is 24.3 Å². The van der Waals surface area contributed by atoms with Crippen LogP contribution in [0.25, 0.3) is 6.08 Å². The Hall–Kier alpha value is -2.01. The minimum absolute atomic E-state index is 0.232. The van der Waals surface area contributed by atoms with E-state index in [2.05, 4.69) is 0 Å². The molecule has 20 heavy (non-hydrogen) atoms. The molecule has 3 rings (SSSR count). The number of carboxylic acid groups (broad SMARTS) is 1. The van der Waals surface area contributed by atoms with Crippen LogP contribution >= 0.6 is 0 Å². The Morgan fingerprint density at radius 2 is 2.30 bits per heavy atom. The van der Waals surface area contributed by atoms with Crippen molar-refractivity contribution in [1.29, 1.82) is 0 Å². The molecule has 5 nitrogen and oxygen atoms in total. The number of β-amino-alcohol motifs (C(OH)–C–C–N with tert-alkyl or cyclic N) is 1. The zero-order valence-corrected chi connectivity index (χ0v) is 11.2. The molecule has 2 heterocycles. The Kier molecular flexibility index (Phi) is 2.94. The van der Waals surface area contributed by atoms with Crippen LogP contribution in [0.15, 0.2) is 24.5 Å². The van der Waals surface area contributed by atoms with Crippen molar-refractivity contribution in [2.24, 2.45) is 0 Å². The Morgan fingerprint density at radius 1 is 1.50 bits per heavy atom. The maximum absolute atomic E-state index is 11.6. The fourth-order valence-electron chi connectivity index (χ4n) is 2.95. The molecule has 106 valence electrons. The lowest BCUT2D eigenvalue weighted by atomic mass is 9.97. The van der Waals surface area contributed by atoms with Crippen molar-refractivity contribution in [3.63, 3.8) is 0 Å². The summed E-state index contributed by atoms with van der Waals surface area (Å²) < 4.78 is 5.27. The zero-order valence-electron chi connectivity index (χ0n) is 11.2. The van der Waals surface area contributed by atoms with Crippen molar-refractivity contribution in [3.05, 3.63) is 35.6 Å². The molecule has 1 fully saturated rings. The van der Waals surface area contributed by atoms with Gasteiger partial charge in [-0.25, -0.2) is 4.79 Å². The van der Waals surface area contributed by atoms with Gasteiger partial charge in [0, 0.05) is 18.7 Å². The van der Waals surface area contributed by atoms with Gasteiger partial charge in [0.2, 0.25) is 0 Å². The molecule has 2 unspecified atom stereocenters. The lowest BCUT2D eigenvalue weighted by molar-refractivity contribution is -0.142. The largest absolute Gasteiger partial charge is 0.496 e. The minimum Gasteiger partial charge on any atom is -0.496 e. The maximum Gasteiger partial charge on any atom is 0.329 e. The van der Waals surface area contributed by atoms with Crippen LogP contribution in [0.1, 0.15) is 24.5 Å². The van der Waals surface area contributed by atoms with Gasteiger partial charge in [-0.1, -0.05) is 6.07 Å². The van der Waals surface area contributed by atoms with E-state index in [-0.39, 0.29) is 6.42 Å². The Labute approximate surface area is 117 Å². The molecule has 2 aliphatic rings. The first kappa shape index (κ1) is 13.0. The second kappa shape index (κ2) is 4.52. The molecule has 0 spiro atoms. The summed E-state index contributed by atoms with van der Waals surface area (Å²) in [5.41, 5.74) is 1.85. The lowest BCUT2D eigenvalue weighted by Gasteiger charge is -2.33. The van der Waals surface area contributed by atoms with E-state index in [9.17, 15) is 15.0 Å². The van der Waals surface area contributed by atoms with Crippen molar-refractivity contribution in [1.82, 2.24) is 0 Å². The average molecular weight is 275 g/mol. The second-order valence-electron chi connectivity index (χ2n) is 5.54. The molecule has 0 bridgehead atoms. The molecule has 1 aromatic rings. The average Bonchev–Trinajstić information content (AvgIpc) is 2.75. The summed E-state index contributed by atoms with van der Waals surface area (Å²) in [6, 6.07) is 5.79. The number of aliphatic hydroxyl groups excluding tert-OH is 1. The van der Waals surface area contributed by atoms with Gasteiger partial charge in [-0.3, -0.25) is 0 Å². The number of aliphatic hydroxyl groups is 1. The van der Waals surface area contributed by atoms with E-state index < -0.39 is 17.6 Å². The van der Waals surface area contributed by atoms with Crippen molar-refractivity contribution in [2.75, 3.05) is 11.4 Å². The number of carboxylic acids is 1. The van der Waals surface area contributed by atoms with E-state index in [0.29, 0.717) is 13.2 Å². The fourth-order valence-corrected chi connectivity index (χ4v) is 2.95. The van der Waals surface area contributed by atoms with Crippen molar-refractivity contribution in [3.8, 4) is 0 Å². The predicted molar refractivity (Wildman–Crippen MR) is 74.3 cm³/mol. The Bertz CT molecular complexity index is 583. The zero-order chi connectivity index (χ0) is 14.3. The third-order valence-corrected chi connectivity index (χ3v) is 4.10. The van der Waals surface area contributed by atoms with Gasteiger partial charge in [-0.05, 0) is 36.3 Å². The van der Waals surface area contributed by atoms with Gasteiger partial charge in [-0.15, -0.1) is 0 Å².